The van der Waals surface area contributed by atoms with Gasteiger partial charge in [0, 0.05) is 8.07 Å². The van der Waals surface area contributed by atoms with E-state index in [9.17, 15) is 0 Å². The molecule has 162 valence electrons. The minimum Gasteiger partial charge on any atom is -0.257 e. The van der Waals surface area contributed by atoms with Gasteiger partial charge in [0.05, 0.1) is 7.26 Å². The lowest BCUT2D eigenvalue weighted by atomic mass is 9.65. The van der Waals surface area contributed by atoms with E-state index in [0.717, 1.165) is 0 Å². The van der Waals surface area contributed by atoms with Crippen molar-refractivity contribution in [2.24, 2.45) is 0 Å². The number of benzene rings is 3. The van der Waals surface area contributed by atoms with Crippen LogP contribution in [0.3, 0.4) is 0 Å². The summed E-state index contributed by atoms with van der Waals surface area (Å²) >= 11 is 0. The maximum absolute atomic E-state index is 2.58. The molecule has 32 heavy (non-hydrogen) atoms. The maximum atomic E-state index is 2.58. The van der Waals surface area contributed by atoms with Gasteiger partial charge in [-0.1, -0.05) is 103 Å². The summed E-state index contributed by atoms with van der Waals surface area (Å²) in [6, 6.07) is 36.5. The Labute approximate surface area is 196 Å². The highest BCUT2D eigenvalue weighted by molar-refractivity contribution is 7.98. The molecule has 0 aliphatic carbocycles. The zero-order valence-electron chi connectivity index (χ0n) is 20.0. The van der Waals surface area contributed by atoms with Gasteiger partial charge in [0.15, 0.2) is 0 Å². The molecule has 0 fully saturated rings. The summed E-state index contributed by atoms with van der Waals surface area (Å²) < 4.78 is 0. The molecule has 4 rings (SSSR count). The molecule has 0 aliphatic rings. The number of hydrogen-bond acceptors (Lipinski definition) is 0. The van der Waals surface area contributed by atoms with Gasteiger partial charge >= 0.3 is 0 Å². The van der Waals surface area contributed by atoms with Crippen LogP contribution in [0.5, 0.6) is 0 Å². The van der Waals surface area contributed by atoms with Gasteiger partial charge in [0.1, 0.15) is 15.9 Å². The second kappa shape index (κ2) is 9.30. The summed E-state index contributed by atoms with van der Waals surface area (Å²) in [4.78, 5) is 0. The first kappa shape index (κ1) is 22.9. The van der Waals surface area contributed by atoms with Crippen molar-refractivity contribution < 1.29 is 0 Å². The van der Waals surface area contributed by atoms with Crippen molar-refractivity contribution in [3.8, 4) is 0 Å². The maximum Gasteiger partial charge on any atom is 0.101 e. The van der Waals surface area contributed by atoms with E-state index in [4.69, 9.17) is 0 Å². The first-order chi connectivity index (χ1) is 15.3. The Bertz CT molecular complexity index is 1050. The van der Waals surface area contributed by atoms with Gasteiger partial charge in [-0.3, -0.25) is 11.9 Å². The minimum atomic E-state index is -1.95. The molecule has 0 saturated carbocycles. The standard InChI is InChI=1S/C29H34BPSi/c1-24-21-25(2)23-30(22-24)29(32(3,4)5)31(26-15-9-6-10-16-26,27-17-11-7-12-18-27)28-19-13-8-14-20-28/h6-23,29H,1-5H3. The molecule has 0 aliphatic heterocycles. The Morgan fingerprint density at radius 2 is 0.938 bits per heavy atom. The second-order valence-electron chi connectivity index (χ2n) is 10.1. The highest BCUT2D eigenvalue weighted by Crippen LogP contribution is 2.67. The van der Waals surface area contributed by atoms with Crippen LogP contribution in [0.2, 0.25) is 19.6 Å². The molecule has 1 heterocycles. The smallest absolute Gasteiger partial charge is 0.101 e. The van der Waals surface area contributed by atoms with E-state index in [2.05, 4.69) is 142 Å². The van der Waals surface area contributed by atoms with Crippen molar-refractivity contribution in [1.82, 2.24) is 0 Å². The van der Waals surface area contributed by atoms with Gasteiger partial charge in [-0.2, -0.15) is 0 Å². The van der Waals surface area contributed by atoms with Gasteiger partial charge < -0.3 is 0 Å². The molecule has 1 aromatic heterocycles. The van der Waals surface area contributed by atoms with Crippen LogP contribution in [0.1, 0.15) is 16.3 Å². The molecule has 0 spiro atoms. The molecule has 1 atom stereocenters. The van der Waals surface area contributed by atoms with Gasteiger partial charge in [-0.15, -0.1) is 0 Å². The lowest BCUT2D eigenvalue weighted by Crippen LogP contribution is -2.47. The minimum absolute atomic E-state index is 0.431. The molecule has 0 bridgehead atoms. The normalized spacial score (nSPS) is 13.0. The van der Waals surface area contributed by atoms with Crippen LogP contribution >= 0.6 is 7.26 Å². The SMILES string of the molecule is Cc1c[b-](C([Si](C)(C)C)[P+](c2ccccc2)(c2ccccc2)c2ccccc2)cc(C)c1. The van der Waals surface area contributed by atoms with Crippen LogP contribution in [0.25, 0.3) is 0 Å². The summed E-state index contributed by atoms with van der Waals surface area (Å²) in [6.45, 7) is 12.3. The van der Waals surface area contributed by atoms with Crippen LogP contribution in [0.15, 0.2) is 109 Å². The molecule has 0 amide bonds. The first-order valence-electron chi connectivity index (χ1n) is 11.6. The van der Waals surface area contributed by atoms with Crippen LogP contribution < -0.4 is 15.9 Å². The average Bonchev–Trinajstić information content (AvgIpc) is 2.77. The number of aryl methyl sites for hydroxylation is 2. The molecular formula is C29H34BPSi. The van der Waals surface area contributed by atoms with E-state index in [0.29, 0.717) is 11.5 Å². The van der Waals surface area contributed by atoms with Crippen LogP contribution in [0.4, 0.5) is 0 Å². The second-order valence-corrected chi connectivity index (χ2v) is 19.5. The first-order valence-corrected chi connectivity index (χ1v) is 17.0. The highest BCUT2D eigenvalue weighted by Gasteiger charge is 2.52. The van der Waals surface area contributed by atoms with Gasteiger partial charge in [-0.25, -0.2) is 0 Å². The van der Waals surface area contributed by atoms with Crippen LogP contribution in [0, 0.1) is 13.8 Å². The third kappa shape index (κ3) is 4.32. The van der Waals surface area contributed by atoms with Crippen LogP contribution in [-0.2, 0) is 0 Å². The number of hydrogen-bond donors (Lipinski definition) is 0. The summed E-state index contributed by atoms with van der Waals surface area (Å²) in [7, 11) is -3.62. The van der Waals surface area contributed by atoms with E-state index in [1.807, 2.05) is 0 Å². The third-order valence-electron chi connectivity index (χ3n) is 6.53. The van der Waals surface area contributed by atoms with E-state index in [1.54, 1.807) is 0 Å². The Kier molecular flexibility index (Phi) is 6.65. The highest BCUT2D eigenvalue weighted by atomic mass is 31.2. The van der Waals surface area contributed by atoms with Gasteiger partial charge in [-0.05, 0) is 50.2 Å². The quantitative estimate of drug-likeness (QED) is 0.226. The van der Waals surface area contributed by atoms with E-state index in [-0.39, 0.29) is 0 Å². The monoisotopic (exact) mass is 452 g/mol. The fourth-order valence-corrected chi connectivity index (χ4v) is 17.4. The molecule has 3 heteroatoms. The molecule has 0 N–H and O–H groups in total. The topological polar surface area (TPSA) is 0 Å². The zero-order chi connectivity index (χ0) is 22.8. The fourth-order valence-electron chi connectivity index (χ4n) is 5.63. The van der Waals surface area contributed by atoms with Crippen molar-refractivity contribution in [1.29, 1.82) is 0 Å². The average molecular weight is 452 g/mol. The molecule has 0 nitrogen and oxygen atoms in total. The van der Waals surface area contributed by atoms with Crippen molar-refractivity contribution in [3.05, 3.63) is 120 Å². The number of rotatable bonds is 6. The van der Waals surface area contributed by atoms with Crippen molar-refractivity contribution in [2.45, 2.75) is 38.7 Å². The van der Waals surface area contributed by atoms with Crippen LogP contribution in [-0.4, -0.2) is 14.4 Å². The Hall–Kier alpha value is -2.28. The third-order valence-corrected chi connectivity index (χ3v) is 16.7. The Morgan fingerprint density at radius 1 is 0.594 bits per heavy atom. The Morgan fingerprint density at radius 3 is 1.25 bits per heavy atom. The van der Waals surface area contributed by atoms with Crippen molar-refractivity contribution in [2.75, 3.05) is 0 Å². The molecular weight excluding hydrogens is 418 g/mol. The van der Waals surface area contributed by atoms with E-state index >= 15 is 0 Å². The lowest BCUT2D eigenvalue weighted by molar-refractivity contribution is 1.39. The predicted octanol–water partition coefficient (Wildman–Crippen LogP) is 6.70. The van der Waals surface area contributed by atoms with Gasteiger partial charge in [0.25, 0.3) is 0 Å². The van der Waals surface area contributed by atoms with Crippen molar-refractivity contribution in [3.63, 3.8) is 0 Å². The predicted molar refractivity (Wildman–Crippen MR) is 149 cm³/mol. The summed E-state index contributed by atoms with van der Waals surface area (Å²) in [5, 5.41) is 5.05. The Balaban J connectivity index is 2.19. The molecule has 1 unspecified atom stereocenters. The van der Waals surface area contributed by atoms with E-state index in [1.165, 1.54) is 27.0 Å². The fraction of sp³-hybridized carbons (Fsp3) is 0.207. The molecule has 0 saturated heterocycles. The summed E-state index contributed by atoms with van der Waals surface area (Å²) in [5.41, 5.74) is 2.79. The lowest BCUT2D eigenvalue weighted by Gasteiger charge is -2.47. The molecule has 0 radical (unpaired) electrons. The largest absolute Gasteiger partial charge is 0.257 e. The molecule has 4 aromatic rings. The zero-order valence-corrected chi connectivity index (χ0v) is 21.9. The molecule has 3 aromatic carbocycles. The summed E-state index contributed by atoms with van der Waals surface area (Å²) in [6.07, 6.45) is 0.431. The summed E-state index contributed by atoms with van der Waals surface area (Å²) in [5.74, 6) is 5.08. The van der Waals surface area contributed by atoms with Crippen molar-refractivity contribution >= 4 is 37.6 Å². The van der Waals surface area contributed by atoms with E-state index < -0.39 is 15.3 Å². The van der Waals surface area contributed by atoms with Gasteiger partial charge in [0.2, 0.25) is 0 Å².